The minimum Gasteiger partial charge on any atom is -0.496 e. The third kappa shape index (κ3) is 5.68. The number of anilines is 1. The van der Waals surface area contributed by atoms with Crippen LogP contribution in [0.4, 0.5) is 23.2 Å². The number of methoxy groups -OCH3 is 1. The fourth-order valence-corrected chi connectivity index (χ4v) is 3.77. The molecule has 0 aliphatic carbocycles. The normalized spacial score (nSPS) is 13.8. The van der Waals surface area contributed by atoms with Gasteiger partial charge in [0.1, 0.15) is 12.4 Å². The minimum absolute atomic E-state index is 0.108. The Hall–Kier alpha value is -3.85. The van der Waals surface area contributed by atoms with Crippen molar-refractivity contribution in [1.29, 1.82) is 0 Å². The molecule has 0 amide bonds. The second kappa shape index (κ2) is 11.3. The minimum atomic E-state index is -1.63. The highest BCUT2D eigenvalue weighted by atomic mass is 19.2. The molecule has 0 atom stereocenters. The van der Waals surface area contributed by atoms with Crippen molar-refractivity contribution in [3.8, 4) is 11.5 Å². The Bertz CT molecular complexity index is 1250. The topological polar surface area (TPSA) is 48.0 Å². The molecule has 1 heterocycles. The van der Waals surface area contributed by atoms with Crippen molar-refractivity contribution in [3.63, 3.8) is 0 Å². The van der Waals surface area contributed by atoms with E-state index in [2.05, 4.69) is 4.90 Å². The van der Waals surface area contributed by atoms with Gasteiger partial charge in [-0.1, -0.05) is 12.1 Å². The van der Waals surface area contributed by atoms with Crippen molar-refractivity contribution in [2.24, 2.45) is 0 Å². The van der Waals surface area contributed by atoms with Crippen LogP contribution < -0.4 is 14.4 Å². The Labute approximate surface area is 205 Å². The van der Waals surface area contributed by atoms with E-state index in [9.17, 15) is 22.4 Å². The van der Waals surface area contributed by atoms with Crippen LogP contribution in [0.25, 0.3) is 6.08 Å². The molecule has 1 aliphatic rings. The van der Waals surface area contributed by atoms with Crippen LogP contribution in [0, 0.1) is 23.3 Å². The van der Waals surface area contributed by atoms with Gasteiger partial charge in [0.2, 0.25) is 11.6 Å². The zero-order valence-corrected chi connectivity index (χ0v) is 19.4. The van der Waals surface area contributed by atoms with Crippen LogP contribution in [0.15, 0.2) is 54.6 Å². The first-order valence-electron chi connectivity index (χ1n) is 11.1. The molecule has 0 N–H and O–H groups in total. The van der Waals surface area contributed by atoms with E-state index in [4.69, 9.17) is 14.2 Å². The number of halogens is 4. The third-order valence-electron chi connectivity index (χ3n) is 5.70. The lowest BCUT2D eigenvalue weighted by Gasteiger charge is -2.28. The standard InChI is InChI=1S/C27H23F4NO4/c1-34-24-9-3-17(14-19(24)16-36-27-25(30)21(28)15-22(29)26(27)31)2-8-23(33)18-4-6-20(7-5-18)32-10-12-35-13-11-32/h2-9,14-15H,10-13,16H2,1H3/b8-2+. The fraction of sp³-hybridized carbons (Fsp3) is 0.222. The molecule has 0 saturated carbocycles. The molecular formula is C27H23F4NO4. The number of morpholine rings is 1. The van der Waals surface area contributed by atoms with Crippen LogP contribution in [-0.2, 0) is 11.3 Å². The highest BCUT2D eigenvalue weighted by Crippen LogP contribution is 2.29. The number of carbonyl (C=O) groups excluding carboxylic acids is 1. The SMILES string of the molecule is COc1ccc(/C=C/C(=O)c2ccc(N3CCOCC3)cc2)cc1COc1c(F)c(F)cc(F)c1F. The van der Waals surface area contributed by atoms with Gasteiger partial charge in [0.05, 0.1) is 20.3 Å². The number of ether oxygens (including phenoxy) is 3. The van der Waals surface area contributed by atoms with Crippen molar-refractivity contribution in [2.75, 3.05) is 38.3 Å². The molecule has 1 saturated heterocycles. The second-order valence-electron chi connectivity index (χ2n) is 8.00. The molecule has 3 aromatic carbocycles. The predicted octanol–water partition coefficient (Wildman–Crippen LogP) is 5.56. The number of ketones is 1. The van der Waals surface area contributed by atoms with Crippen LogP contribution in [-0.4, -0.2) is 39.2 Å². The van der Waals surface area contributed by atoms with Crippen molar-refractivity contribution in [2.45, 2.75) is 6.61 Å². The molecule has 0 bridgehead atoms. The molecule has 0 spiro atoms. The van der Waals surface area contributed by atoms with Crippen LogP contribution in [0.2, 0.25) is 0 Å². The molecule has 36 heavy (non-hydrogen) atoms. The monoisotopic (exact) mass is 501 g/mol. The first-order chi connectivity index (χ1) is 17.4. The van der Waals surface area contributed by atoms with E-state index >= 15 is 0 Å². The number of rotatable bonds is 8. The van der Waals surface area contributed by atoms with Gasteiger partial charge in [-0.3, -0.25) is 4.79 Å². The number of carbonyl (C=O) groups is 1. The van der Waals surface area contributed by atoms with Crippen molar-refractivity contribution in [3.05, 3.63) is 94.6 Å². The summed E-state index contributed by atoms with van der Waals surface area (Å²) in [5.41, 5.74) is 2.47. The summed E-state index contributed by atoms with van der Waals surface area (Å²) >= 11 is 0. The van der Waals surface area contributed by atoms with E-state index in [0.29, 0.717) is 35.7 Å². The molecule has 188 valence electrons. The van der Waals surface area contributed by atoms with Gasteiger partial charge in [-0.25, -0.2) is 8.78 Å². The van der Waals surface area contributed by atoms with Gasteiger partial charge in [-0.2, -0.15) is 8.78 Å². The Kier molecular flexibility index (Phi) is 7.90. The summed E-state index contributed by atoms with van der Waals surface area (Å²) < 4.78 is 70.4. The van der Waals surface area contributed by atoms with E-state index < -0.39 is 35.6 Å². The van der Waals surface area contributed by atoms with Crippen molar-refractivity contribution < 1.29 is 36.6 Å². The lowest BCUT2D eigenvalue weighted by Crippen LogP contribution is -2.36. The summed E-state index contributed by atoms with van der Waals surface area (Å²) in [4.78, 5) is 14.8. The zero-order chi connectivity index (χ0) is 25.7. The number of allylic oxidation sites excluding steroid dienone is 1. The van der Waals surface area contributed by atoms with Crippen molar-refractivity contribution >= 4 is 17.5 Å². The van der Waals surface area contributed by atoms with E-state index in [1.54, 1.807) is 36.4 Å². The number of nitrogens with zero attached hydrogens (tertiary/aromatic N) is 1. The zero-order valence-electron chi connectivity index (χ0n) is 19.4. The Morgan fingerprint density at radius 3 is 2.28 bits per heavy atom. The maximum atomic E-state index is 13.9. The predicted molar refractivity (Wildman–Crippen MR) is 126 cm³/mol. The summed E-state index contributed by atoms with van der Waals surface area (Å²) in [7, 11) is 1.39. The molecular weight excluding hydrogens is 478 g/mol. The van der Waals surface area contributed by atoms with E-state index in [-0.39, 0.29) is 11.8 Å². The molecule has 1 aliphatic heterocycles. The van der Waals surface area contributed by atoms with Crippen LogP contribution in [0.3, 0.4) is 0 Å². The highest BCUT2D eigenvalue weighted by molar-refractivity contribution is 6.07. The lowest BCUT2D eigenvalue weighted by molar-refractivity contribution is 0.104. The van der Waals surface area contributed by atoms with Gasteiger partial charge in [0, 0.05) is 36.0 Å². The maximum Gasteiger partial charge on any atom is 0.203 e. The molecule has 3 aromatic rings. The summed E-state index contributed by atoms with van der Waals surface area (Å²) in [6, 6.07) is 12.2. The molecule has 0 aromatic heterocycles. The van der Waals surface area contributed by atoms with Gasteiger partial charge >= 0.3 is 0 Å². The quantitative estimate of drug-likeness (QED) is 0.175. The summed E-state index contributed by atoms with van der Waals surface area (Å²) in [6.45, 7) is 2.50. The first-order valence-corrected chi connectivity index (χ1v) is 11.1. The molecule has 9 heteroatoms. The highest BCUT2D eigenvalue weighted by Gasteiger charge is 2.21. The Morgan fingerprint density at radius 1 is 0.972 bits per heavy atom. The largest absolute Gasteiger partial charge is 0.496 e. The summed E-state index contributed by atoms with van der Waals surface area (Å²) in [5.74, 6) is -7.44. The Balaban J connectivity index is 1.47. The number of benzene rings is 3. The molecule has 0 radical (unpaired) electrons. The molecule has 5 nitrogen and oxygen atoms in total. The van der Waals surface area contributed by atoms with Crippen molar-refractivity contribution in [1.82, 2.24) is 0 Å². The van der Waals surface area contributed by atoms with Gasteiger partial charge < -0.3 is 19.1 Å². The van der Waals surface area contributed by atoms with E-state index in [0.717, 1.165) is 18.8 Å². The second-order valence-corrected chi connectivity index (χ2v) is 8.00. The van der Waals surface area contributed by atoms with Gasteiger partial charge in [0.15, 0.2) is 23.2 Å². The lowest BCUT2D eigenvalue weighted by atomic mass is 10.1. The smallest absolute Gasteiger partial charge is 0.203 e. The number of hydrogen-bond donors (Lipinski definition) is 0. The number of hydrogen-bond acceptors (Lipinski definition) is 5. The maximum absolute atomic E-state index is 13.9. The van der Waals surface area contributed by atoms with Gasteiger partial charge in [0.25, 0.3) is 0 Å². The summed E-state index contributed by atoms with van der Waals surface area (Å²) in [5, 5.41) is 0. The van der Waals surface area contributed by atoms with E-state index in [1.807, 2.05) is 12.1 Å². The van der Waals surface area contributed by atoms with Crippen LogP contribution >= 0.6 is 0 Å². The van der Waals surface area contributed by atoms with Gasteiger partial charge in [-0.15, -0.1) is 0 Å². The summed E-state index contributed by atoms with van der Waals surface area (Å²) in [6.07, 6.45) is 2.97. The van der Waals surface area contributed by atoms with Crippen LogP contribution in [0.1, 0.15) is 21.5 Å². The average molecular weight is 501 g/mol. The van der Waals surface area contributed by atoms with Crippen LogP contribution in [0.5, 0.6) is 11.5 Å². The fourth-order valence-electron chi connectivity index (χ4n) is 3.77. The average Bonchev–Trinajstić information content (AvgIpc) is 2.91. The Morgan fingerprint density at radius 2 is 1.64 bits per heavy atom. The molecule has 1 fully saturated rings. The first kappa shape index (κ1) is 25.2. The van der Waals surface area contributed by atoms with Gasteiger partial charge in [-0.05, 0) is 48.0 Å². The third-order valence-corrected chi connectivity index (χ3v) is 5.70. The van der Waals surface area contributed by atoms with E-state index in [1.165, 1.54) is 13.2 Å². The molecule has 4 rings (SSSR count). The molecule has 0 unspecified atom stereocenters.